The summed E-state index contributed by atoms with van der Waals surface area (Å²) in [6.07, 6.45) is 0.675. The van der Waals surface area contributed by atoms with Crippen molar-refractivity contribution >= 4 is 24.3 Å². The van der Waals surface area contributed by atoms with Crippen LogP contribution in [0, 0.1) is 0 Å². The van der Waals surface area contributed by atoms with Crippen molar-refractivity contribution in [3.8, 4) is 0 Å². The van der Waals surface area contributed by atoms with E-state index in [9.17, 15) is 4.79 Å². The number of nitrogens with zero attached hydrogens (tertiary/aromatic N) is 2. The Bertz CT molecular complexity index is 183. The molecule has 0 aromatic carbocycles. The van der Waals surface area contributed by atoms with E-state index in [2.05, 4.69) is 4.99 Å². The number of carboxylic acid groups (broad SMARTS) is 1. The van der Waals surface area contributed by atoms with E-state index in [4.69, 9.17) is 10.8 Å². The molecule has 78 valence electrons. The first-order valence-electron chi connectivity index (χ1n) is 3.73. The molecule has 0 bridgehead atoms. The SMILES string of the molecule is CN(C)C(N)=NCCCC(=O)O.Cl. The quantitative estimate of drug-likeness (QED) is 0.393. The van der Waals surface area contributed by atoms with Gasteiger partial charge in [0.25, 0.3) is 0 Å². The Kier molecular flexibility index (Phi) is 8.58. The van der Waals surface area contributed by atoms with Crippen LogP contribution in [-0.4, -0.2) is 42.6 Å². The van der Waals surface area contributed by atoms with Gasteiger partial charge in [0, 0.05) is 27.1 Å². The minimum Gasteiger partial charge on any atom is -0.481 e. The molecule has 0 aliphatic carbocycles. The molecule has 6 heteroatoms. The molecule has 5 nitrogen and oxygen atoms in total. The van der Waals surface area contributed by atoms with Crippen molar-refractivity contribution in [2.75, 3.05) is 20.6 Å². The average molecular weight is 210 g/mol. The third-order valence-corrected chi connectivity index (χ3v) is 1.28. The molecule has 13 heavy (non-hydrogen) atoms. The molecule has 0 radical (unpaired) electrons. The summed E-state index contributed by atoms with van der Waals surface area (Å²) in [6, 6.07) is 0. The molecule has 3 N–H and O–H groups in total. The fourth-order valence-corrected chi connectivity index (χ4v) is 0.565. The van der Waals surface area contributed by atoms with Gasteiger partial charge in [0.1, 0.15) is 0 Å². The lowest BCUT2D eigenvalue weighted by Gasteiger charge is -2.09. The maximum absolute atomic E-state index is 10.1. The number of aliphatic imine (C=N–C) groups is 1. The Morgan fingerprint density at radius 2 is 2.08 bits per heavy atom. The van der Waals surface area contributed by atoms with Gasteiger partial charge in [0.05, 0.1) is 0 Å². The van der Waals surface area contributed by atoms with Crippen LogP contribution in [0.15, 0.2) is 4.99 Å². The monoisotopic (exact) mass is 209 g/mol. The highest BCUT2D eigenvalue weighted by molar-refractivity contribution is 5.85. The van der Waals surface area contributed by atoms with Crippen LogP contribution < -0.4 is 5.73 Å². The Balaban J connectivity index is 0. The maximum Gasteiger partial charge on any atom is 0.303 e. The van der Waals surface area contributed by atoms with Crippen LogP contribution >= 0.6 is 12.4 Å². The highest BCUT2D eigenvalue weighted by Crippen LogP contribution is 1.89. The van der Waals surface area contributed by atoms with Crippen LogP contribution in [0.5, 0.6) is 0 Å². The normalized spacial score (nSPS) is 10.5. The van der Waals surface area contributed by atoms with E-state index in [0.717, 1.165) is 0 Å². The Morgan fingerprint density at radius 3 is 2.46 bits per heavy atom. The van der Waals surface area contributed by atoms with Crippen LogP contribution in [0.3, 0.4) is 0 Å². The molecular weight excluding hydrogens is 194 g/mol. The van der Waals surface area contributed by atoms with Crippen LogP contribution in [0.25, 0.3) is 0 Å². The minimum atomic E-state index is -0.798. The number of hydrogen-bond donors (Lipinski definition) is 2. The molecule has 0 unspecified atom stereocenters. The van der Waals surface area contributed by atoms with E-state index in [1.54, 1.807) is 19.0 Å². The molecule has 0 saturated heterocycles. The van der Waals surface area contributed by atoms with Crippen molar-refractivity contribution in [3.05, 3.63) is 0 Å². The maximum atomic E-state index is 10.1. The number of nitrogens with two attached hydrogens (primary N) is 1. The van der Waals surface area contributed by atoms with Gasteiger partial charge >= 0.3 is 5.97 Å². The number of carbonyl (C=O) groups is 1. The van der Waals surface area contributed by atoms with E-state index in [0.29, 0.717) is 18.9 Å². The lowest BCUT2D eigenvalue weighted by atomic mass is 10.3. The first-order chi connectivity index (χ1) is 5.54. The van der Waals surface area contributed by atoms with Crippen molar-refractivity contribution in [3.63, 3.8) is 0 Å². The van der Waals surface area contributed by atoms with Crippen LogP contribution in [-0.2, 0) is 4.79 Å². The van der Waals surface area contributed by atoms with Gasteiger partial charge in [0.15, 0.2) is 5.96 Å². The van der Waals surface area contributed by atoms with E-state index >= 15 is 0 Å². The summed E-state index contributed by atoms with van der Waals surface area (Å²) < 4.78 is 0. The van der Waals surface area contributed by atoms with Gasteiger partial charge in [-0.25, -0.2) is 0 Å². The standard InChI is InChI=1S/C7H15N3O2.ClH/c1-10(2)7(8)9-5-3-4-6(11)12;/h3-5H2,1-2H3,(H2,8,9)(H,11,12);1H. The molecule has 0 aliphatic rings. The molecule has 0 saturated carbocycles. The molecular formula is C7H16ClN3O2. The first kappa shape index (κ1) is 14.5. The van der Waals surface area contributed by atoms with Gasteiger partial charge in [-0.1, -0.05) is 0 Å². The van der Waals surface area contributed by atoms with E-state index in [1.165, 1.54) is 0 Å². The summed E-state index contributed by atoms with van der Waals surface area (Å²) in [5, 5.41) is 8.30. The van der Waals surface area contributed by atoms with Gasteiger partial charge in [-0.15, -0.1) is 12.4 Å². The lowest BCUT2D eigenvalue weighted by molar-refractivity contribution is -0.137. The molecule has 0 fully saturated rings. The largest absolute Gasteiger partial charge is 0.481 e. The summed E-state index contributed by atoms with van der Waals surface area (Å²) in [5.74, 6) is -0.367. The molecule has 0 aliphatic heterocycles. The highest BCUT2D eigenvalue weighted by atomic mass is 35.5. The molecule has 0 aromatic rings. The number of halogens is 1. The molecule has 0 atom stereocenters. The number of guanidine groups is 1. The van der Waals surface area contributed by atoms with E-state index in [1.807, 2.05) is 0 Å². The van der Waals surface area contributed by atoms with E-state index in [-0.39, 0.29) is 18.8 Å². The topological polar surface area (TPSA) is 78.9 Å². The summed E-state index contributed by atoms with van der Waals surface area (Å²) in [7, 11) is 3.58. The van der Waals surface area contributed by atoms with Gasteiger partial charge in [0.2, 0.25) is 0 Å². The second kappa shape index (κ2) is 7.67. The zero-order valence-corrected chi connectivity index (χ0v) is 8.67. The molecule has 0 aromatic heterocycles. The zero-order valence-electron chi connectivity index (χ0n) is 7.86. The smallest absolute Gasteiger partial charge is 0.303 e. The summed E-state index contributed by atoms with van der Waals surface area (Å²) >= 11 is 0. The van der Waals surface area contributed by atoms with E-state index < -0.39 is 5.97 Å². The fourth-order valence-electron chi connectivity index (χ4n) is 0.565. The third kappa shape index (κ3) is 8.94. The predicted octanol–water partition coefficient (Wildman–Crippen LogP) is 0.149. The Labute approximate surface area is 84.0 Å². The lowest BCUT2D eigenvalue weighted by Crippen LogP contribution is -2.30. The Hall–Kier alpha value is -0.970. The third-order valence-electron chi connectivity index (χ3n) is 1.28. The van der Waals surface area contributed by atoms with Gasteiger partial charge in [-0.3, -0.25) is 9.79 Å². The fraction of sp³-hybridized carbons (Fsp3) is 0.714. The number of hydrogen-bond acceptors (Lipinski definition) is 2. The number of carboxylic acids is 1. The minimum absolute atomic E-state index is 0. The number of aliphatic carboxylic acids is 1. The van der Waals surface area contributed by atoms with Crippen molar-refractivity contribution in [1.82, 2.24) is 4.90 Å². The molecule has 0 rings (SSSR count). The summed E-state index contributed by atoms with van der Waals surface area (Å²) in [5.41, 5.74) is 5.46. The second-order valence-corrected chi connectivity index (χ2v) is 2.63. The predicted molar refractivity (Wildman–Crippen MR) is 54.3 cm³/mol. The second-order valence-electron chi connectivity index (χ2n) is 2.63. The molecule has 0 amide bonds. The Morgan fingerprint density at radius 1 is 1.54 bits per heavy atom. The number of rotatable bonds is 4. The summed E-state index contributed by atoms with van der Waals surface area (Å²) in [4.78, 5) is 15.7. The van der Waals surface area contributed by atoms with Gasteiger partial charge < -0.3 is 15.7 Å². The highest BCUT2D eigenvalue weighted by Gasteiger charge is 1.96. The summed E-state index contributed by atoms with van der Waals surface area (Å²) in [6.45, 7) is 0.469. The van der Waals surface area contributed by atoms with Crippen LogP contribution in [0.1, 0.15) is 12.8 Å². The molecule has 0 heterocycles. The molecule has 0 spiro atoms. The van der Waals surface area contributed by atoms with Crippen molar-refractivity contribution < 1.29 is 9.90 Å². The van der Waals surface area contributed by atoms with Crippen molar-refractivity contribution in [2.24, 2.45) is 10.7 Å². The van der Waals surface area contributed by atoms with Crippen LogP contribution in [0.2, 0.25) is 0 Å². The zero-order chi connectivity index (χ0) is 9.56. The van der Waals surface area contributed by atoms with Gasteiger partial charge in [-0.2, -0.15) is 0 Å². The van der Waals surface area contributed by atoms with Crippen molar-refractivity contribution in [2.45, 2.75) is 12.8 Å². The van der Waals surface area contributed by atoms with Crippen molar-refractivity contribution in [1.29, 1.82) is 0 Å². The van der Waals surface area contributed by atoms with Gasteiger partial charge in [-0.05, 0) is 6.42 Å². The first-order valence-corrected chi connectivity index (χ1v) is 3.73. The average Bonchev–Trinajstić information content (AvgIpc) is 1.97. The van der Waals surface area contributed by atoms with Crippen LogP contribution in [0.4, 0.5) is 0 Å².